The molecular weight excluding hydrogens is 328 g/mol. The summed E-state index contributed by atoms with van der Waals surface area (Å²) < 4.78 is 5.25. The molecule has 0 aliphatic carbocycles. The lowest BCUT2D eigenvalue weighted by atomic mass is 9.98. The van der Waals surface area contributed by atoms with Gasteiger partial charge in [0.2, 0.25) is 0 Å². The number of methoxy groups -OCH3 is 1. The molecule has 1 saturated heterocycles. The van der Waals surface area contributed by atoms with E-state index >= 15 is 0 Å². The van der Waals surface area contributed by atoms with Crippen LogP contribution < -0.4 is 4.90 Å². The van der Waals surface area contributed by atoms with E-state index in [1.807, 2.05) is 48.2 Å². The first kappa shape index (κ1) is 18.3. The Balaban J connectivity index is 1.73. The second-order valence-electron chi connectivity index (χ2n) is 6.95. The van der Waals surface area contributed by atoms with E-state index in [4.69, 9.17) is 4.74 Å². The molecular formula is C20H26N4O2. The Morgan fingerprint density at radius 1 is 1.27 bits per heavy atom. The number of carbonyl (C=O) groups is 1. The van der Waals surface area contributed by atoms with E-state index in [2.05, 4.69) is 9.97 Å². The highest BCUT2D eigenvalue weighted by molar-refractivity contribution is 5.94. The first-order valence-corrected chi connectivity index (χ1v) is 8.96. The molecule has 0 spiro atoms. The third-order valence-corrected chi connectivity index (χ3v) is 4.72. The predicted molar refractivity (Wildman–Crippen MR) is 102 cm³/mol. The van der Waals surface area contributed by atoms with Crippen molar-refractivity contribution in [3.63, 3.8) is 0 Å². The van der Waals surface area contributed by atoms with Crippen molar-refractivity contribution >= 4 is 11.7 Å². The number of ether oxygens (including phenoxy) is 1. The normalized spacial score (nSPS) is 17.2. The Hall–Kier alpha value is -2.47. The largest absolute Gasteiger partial charge is 0.384 e. The molecule has 6 heteroatoms. The molecule has 0 radical (unpaired) electrons. The van der Waals surface area contributed by atoms with Crippen molar-refractivity contribution in [3.8, 4) is 11.3 Å². The van der Waals surface area contributed by atoms with Crippen LogP contribution in [0.15, 0.2) is 36.7 Å². The van der Waals surface area contributed by atoms with Crippen LogP contribution in [0.4, 0.5) is 5.82 Å². The van der Waals surface area contributed by atoms with Crippen LogP contribution in [0, 0.1) is 5.92 Å². The lowest BCUT2D eigenvalue weighted by Crippen LogP contribution is -2.41. The number of hydrogen-bond acceptors (Lipinski definition) is 5. The first-order chi connectivity index (χ1) is 12.6. The minimum Gasteiger partial charge on any atom is -0.384 e. The van der Waals surface area contributed by atoms with Crippen LogP contribution in [0.25, 0.3) is 11.3 Å². The Bertz CT molecular complexity index is 744. The van der Waals surface area contributed by atoms with Crippen molar-refractivity contribution in [3.05, 3.63) is 42.2 Å². The molecule has 1 amide bonds. The zero-order valence-electron chi connectivity index (χ0n) is 15.7. The molecule has 6 nitrogen and oxygen atoms in total. The summed E-state index contributed by atoms with van der Waals surface area (Å²) in [7, 11) is 5.59. The van der Waals surface area contributed by atoms with E-state index in [-0.39, 0.29) is 5.91 Å². The number of benzene rings is 1. The number of anilines is 1. The molecule has 0 N–H and O–H groups in total. The zero-order valence-corrected chi connectivity index (χ0v) is 15.7. The summed E-state index contributed by atoms with van der Waals surface area (Å²) in [5.41, 5.74) is 2.46. The third-order valence-electron chi connectivity index (χ3n) is 4.72. The quantitative estimate of drug-likeness (QED) is 0.826. The number of likely N-dealkylation sites (tertiary alicyclic amines) is 1. The van der Waals surface area contributed by atoms with Crippen LogP contribution in [0.1, 0.15) is 23.2 Å². The fourth-order valence-corrected chi connectivity index (χ4v) is 3.30. The lowest BCUT2D eigenvalue weighted by Gasteiger charge is -2.32. The summed E-state index contributed by atoms with van der Waals surface area (Å²) in [6, 6.07) is 7.63. The molecule has 0 saturated carbocycles. The first-order valence-electron chi connectivity index (χ1n) is 8.96. The van der Waals surface area contributed by atoms with E-state index in [1.54, 1.807) is 19.5 Å². The Morgan fingerprint density at radius 3 is 2.73 bits per heavy atom. The maximum Gasteiger partial charge on any atom is 0.253 e. The maximum absolute atomic E-state index is 12.8. The average molecular weight is 354 g/mol. The summed E-state index contributed by atoms with van der Waals surface area (Å²) in [6.45, 7) is 2.30. The van der Waals surface area contributed by atoms with Crippen LogP contribution in [0.3, 0.4) is 0 Å². The van der Waals surface area contributed by atoms with Crippen molar-refractivity contribution in [2.24, 2.45) is 5.92 Å². The van der Waals surface area contributed by atoms with Crippen molar-refractivity contribution < 1.29 is 9.53 Å². The standard InChI is InChI=1S/C20H26N4O2/c1-23(2)19-12-21-11-18(22-19)16-6-8-17(9-7-16)20(25)24-10-4-5-15(13-24)14-26-3/h6-9,11-12,15H,4-5,10,13-14H2,1-3H3. The molecule has 2 heterocycles. The number of carbonyl (C=O) groups excluding carboxylic acids is 1. The number of nitrogens with zero attached hydrogens (tertiary/aromatic N) is 4. The van der Waals surface area contributed by atoms with Crippen LogP contribution in [0.2, 0.25) is 0 Å². The highest BCUT2D eigenvalue weighted by atomic mass is 16.5. The van der Waals surface area contributed by atoms with E-state index in [9.17, 15) is 4.79 Å². The highest BCUT2D eigenvalue weighted by Gasteiger charge is 2.24. The highest BCUT2D eigenvalue weighted by Crippen LogP contribution is 2.22. The van der Waals surface area contributed by atoms with Gasteiger partial charge in [0.15, 0.2) is 0 Å². The smallest absolute Gasteiger partial charge is 0.253 e. The van der Waals surface area contributed by atoms with Gasteiger partial charge in [0.25, 0.3) is 5.91 Å². The molecule has 1 unspecified atom stereocenters. The predicted octanol–water partition coefficient (Wildman–Crippen LogP) is 2.71. The molecule has 1 fully saturated rings. The molecule has 3 rings (SSSR count). The number of piperidine rings is 1. The summed E-state index contributed by atoms with van der Waals surface area (Å²) in [5, 5.41) is 0. The van der Waals surface area contributed by atoms with Gasteiger partial charge in [0.1, 0.15) is 5.82 Å². The molecule has 1 aliphatic heterocycles. The molecule has 1 aromatic carbocycles. The second kappa shape index (κ2) is 8.27. The van der Waals surface area contributed by atoms with Crippen LogP contribution in [0.5, 0.6) is 0 Å². The summed E-state index contributed by atoms with van der Waals surface area (Å²) in [4.78, 5) is 25.5. The van der Waals surface area contributed by atoms with E-state index in [1.165, 1.54) is 0 Å². The minimum atomic E-state index is 0.0884. The van der Waals surface area contributed by atoms with Gasteiger partial charge in [-0.15, -0.1) is 0 Å². The zero-order chi connectivity index (χ0) is 18.5. The summed E-state index contributed by atoms with van der Waals surface area (Å²) >= 11 is 0. The fourth-order valence-electron chi connectivity index (χ4n) is 3.30. The van der Waals surface area contributed by atoms with Gasteiger partial charge in [-0.3, -0.25) is 9.78 Å². The van der Waals surface area contributed by atoms with Gasteiger partial charge >= 0.3 is 0 Å². The van der Waals surface area contributed by atoms with Crippen molar-refractivity contribution in [2.45, 2.75) is 12.8 Å². The number of aromatic nitrogens is 2. The Kier molecular flexibility index (Phi) is 5.83. The molecule has 26 heavy (non-hydrogen) atoms. The average Bonchev–Trinajstić information content (AvgIpc) is 2.68. The molecule has 138 valence electrons. The van der Waals surface area contributed by atoms with Crippen molar-refractivity contribution in [2.75, 3.05) is 45.8 Å². The third kappa shape index (κ3) is 4.19. The molecule has 0 bridgehead atoms. The van der Waals surface area contributed by atoms with Crippen LogP contribution >= 0.6 is 0 Å². The Morgan fingerprint density at radius 2 is 2.04 bits per heavy atom. The van der Waals surface area contributed by atoms with Gasteiger partial charge in [-0.05, 0) is 30.9 Å². The van der Waals surface area contributed by atoms with Gasteiger partial charge in [-0.2, -0.15) is 0 Å². The minimum absolute atomic E-state index is 0.0884. The second-order valence-corrected chi connectivity index (χ2v) is 6.95. The van der Waals surface area contributed by atoms with E-state index in [0.29, 0.717) is 18.1 Å². The number of hydrogen-bond donors (Lipinski definition) is 0. The van der Waals surface area contributed by atoms with Crippen LogP contribution in [-0.2, 0) is 4.74 Å². The molecule has 1 aromatic heterocycles. The molecule has 1 atom stereocenters. The number of rotatable bonds is 5. The van der Waals surface area contributed by atoms with Crippen LogP contribution in [-0.4, -0.2) is 61.7 Å². The Labute approximate surface area is 154 Å². The molecule has 2 aromatic rings. The van der Waals surface area contributed by atoms with Gasteiger partial charge in [-0.1, -0.05) is 12.1 Å². The monoisotopic (exact) mass is 354 g/mol. The SMILES string of the molecule is COCC1CCCN(C(=O)c2ccc(-c3cncc(N(C)C)n3)cc2)C1. The fraction of sp³-hybridized carbons (Fsp3) is 0.450. The van der Waals surface area contributed by atoms with Crippen molar-refractivity contribution in [1.82, 2.24) is 14.9 Å². The lowest BCUT2D eigenvalue weighted by molar-refractivity contribution is 0.0571. The van der Waals surface area contributed by atoms with Gasteiger partial charge < -0.3 is 14.5 Å². The maximum atomic E-state index is 12.8. The molecule has 1 aliphatic rings. The van der Waals surface area contributed by atoms with Crippen molar-refractivity contribution in [1.29, 1.82) is 0 Å². The summed E-state index contributed by atoms with van der Waals surface area (Å²) in [6.07, 6.45) is 5.63. The number of amides is 1. The summed E-state index contributed by atoms with van der Waals surface area (Å²) in [5.74, 6) is 1.33. The van der Waals surface area contributed by atoms with Gasteiger partial charge in [0.05, 0.1) is 24.7 Å². The topological polar surface area (TPSA) is 58.6 Å². The van der Waals surface area contributed by atoms with Gasteiger partial charge in [-0.25, -0.2) is 4.98 Å². The van der Waals surface area contributed by atoms with E-state index < -0.39 is 0 Å². The van der Waals surface area contributed by atoms with Gasteiger partial charge in [0, 0.05) is 45.4 Å². The van der Waals surface area contributed by atoms with E-state index in [0.717, 1.165) is 43.0 Å².